The van der Waals surface area contributed by atoms with Crippen molar-refractivity contribution in [2.24, 2.45) is 0 Å². The molecule has 0 amide bonds. The Hall–Kier alpha value is -0.580. The van der Waals surface area contributed by atoms with Gasteiger partial charge in [0.2, 0.25) is 4.21 Å². The summed E-state index contributed by atoms with van der Waals surface area (Å²) in [7, 11) is -3.69. The fraction of sp³-hybridized carbons (Fsp3) is 0.364. The molecular formula is C11H12Cl2O3S. The lowest BCUT2D eigenvalue weighted by atomic mass is 10.1. The summed E-state index contributed by atoms with van der Waals surface area (Å²) in [5.74, 6) is -0.859. The molecular weight excluding hydrogens is 283 g/mol. The minimum atomic E-state index is -3.69. The standard InChI is InChI=1S/C11H12Cl2O3S/c1-3-17(15,16)11(2,13)10(14)8-5-4-6-9(12)7-8/h4-7H,3H2,1-2H3/t11-/m1/s1. The lowest BCUT2D eigenvalue weighted by Gasteiger charge is -2.20. The van der Waals surface area contributed by atoms with Crippen LogP contribution >= 0.6 is 23.2 Å². The molecule has 0 aliphatic rings. The van der Waals surface area contributed by atoms with Crippen molar-refractivity contribution in [2.75, 3.05) is 5.75 Å². The molecule has 1 aromatic carbocycles. The zero-order valence-electron chi connectivity index (χ0n) is 9.41. The minimum Gasteiger partial charge on any atom is -0.291 e. The number of alkyl halides is 1. The molecule has 0 spiro atoms. The van der Waals surface area contributed by atoms with Crippen molar-refractivity contribution in [3.8, 4) is 0 Å². The third kappa shape index (κ3) is 2.81. The number of carbonyl (C=O) groups is 1. The molecule has 0 saturated heterocycles. The van der Waals surface area contributed by atoms with Gasteiger partial charge in [-0.05, 0) is 19.1 Å². The molecule has 0 aliphatic heterocycles. The van der Waals surface area contributed by atoms with E-state index < -0.39 is 19.8 Å². The number of hydrogen-bond acceptors (Lipinski definition) is 3. The third-order valence-electron chi connectivity index (χ3n) is 2.46. The van der Waals surface area contributed by atoms with Crippen LogP contribution in [0.15, 0.2) is 24.3 Å². The predicted octanol–water partition coefficient (Wildman–Crippen LogP) is 2.91. The van der Waals surface area contributed by atoms with E-state index in [0.29, 0.717) is 5.02 Å². The number of hydrogen-bond donors (Lipinski definition) is 0. The summed E-state index contributed by atoms with van der Waals surface area (Å²) >= 11 is 11.6. The van der Waals surface area contributed by atoms with Gasteiger partial charge in [-0.3, -0.25) is 4.79 Å². The lowest BCUT2D eigenvalue weighted by molar-refractivity contribution is 0.0978. The van der Waals surface area contributed by atoms with Crippen LogP contribution in [0.1, 0.15) is 24.2 Å². The molecule has 0 aromatic heterocycles. The Morgan fingerprint density at radius 2 is 2.00 bits per heavy atom. The lowest BCUT2D eigenvalue weighted by Crippen LogP contribution is -2.39. The molecule has 17 heavy (non-hydrogen) atoms. The normalized spacial score (nSPS) is 15.3. The first kappa shape index (κ1) is 14.5. The highest BCUT2D eigenvalue weighted by Crippen LogP contribution is 2.28. The van der Waals surface area contributed by atoms with E-state index in [9.17, 15) is 13.2 Å². The SMILES string of the molecule is CCS(=O)(=O)[C@@](C)(Cl)C(=O)c1cccc(Cl)c1. The van der Waals surface area contributed by atoms with E-state index in [0.717, 1.165) is 0 Å². The van der Waals surface area contributed by atoms with Gasteiger partial charge in [0.25, 0.3) is 0 Å². The smallest absolute Gasteiger partial charge is 0.205 e. The van der Waals surface area contributed by atoms with Gasteiger partial charge in [0.1, 0.15) is 0 Å². The summed E-state index contributed by atoms with van der Waals surface area (Å²) < 4.78 is 21.5. The molecule has 1 aromatic rings. The van der Waals surface area contributed by atoms with E-state index in [1.807, 2.05) is 0 Å². The Morgan fingerprint density at radius 1 is 1.41 bits per heavy atom. The fourth-order valence-corrected chi connectivity index (χ4v) is 2.87. The summed E-state index contributed by atoms with van der Waals surface area (Å²) in [6, 6.07) is 6.05. The fourth-order valence-electron chi connectivity index (χ4n) is 1.30. The van der Waals surface area contributed by atoms with Crippen LogP contribution in [0, 0.1) is 0 Å². The van der Waals surface area contributed by atoms with Crippen LogP contribution in [-0.4, -0.2) is 24.2 Å². The molecule has 3 nitrogen and oxygen atoms in total. The zero-order valence-corrected chi connectivity index (χ0v) is 11.7. The second-order valence-corrected chi connectivity index (χ2v) is 7.70. The van der Waals surface area contributed by atoms with E-state index in [1.54, 1.807) is 12.1 Å². The molecule has 0 bridgehead atoms. The van der Waals surface area contributed by atoms with Gasteiger partial charge in [-0.1, -0.05) is 42.3 Å². The summed E-state index contributed by atoms with van der Waals surface area (Å²) in [5.41, 5.74) is 0.187. The molecule has 0 saturated carbocycles. The molecule has 1 rings (SSSR count). The number of halogens is 2. The van der Waals surface area contributed by atoms with Gasteiger partial charge < -0.3 is 0 Å². The Bertz CT molecular complexity index is 535. The van der Waals surface area contributed by atoms with Gasteiger partial charge >= 0.3 is 0 Å². The van der Waals surface area contributed by atoms with Gasteiger partial charge in [-0.2, -0.15) is 0 Å². The topological polar surface area (TPSA) is 51.2 Å². The molecule has 1 atom stereocenters. The van der Waals surface area contributed by atoms with Crippen LogP contribution in [0.25, 0.3) is 0 Å². The maximum absolute atomic E-state index is 12.1. The Morgan fingerprint density at radius 3 is 2.47 bits per heavy atom. The Balaban J connectivity index is 3.23. The first-order chi connectivity index (χ1) is 7.72. The van der Waals surface area contributed by atoms with Gasteiger partial charge in [0, 0.05) is 16.3 Å². The third-order valence-corrected chi connectivity index (χ3v) is 5.68. The van der Waals surface area contributed by atoms with Crippen molar-refractivity contribution in [3.05, 3.63) is 34.9 Å². The van der Waals surface area contributed by atoms with E-state index in [2.05, 4.69) is 0 Å². The summed E-state index contributed by atoms with van der Waals surface area (Å²) in [5, 5.41) is 0.359. The van der Waals surface area contributed by atoms with Crippen molar-refractivity contribution >= 4 is 38.8 Å². The largest absolute Gasteiger partial charge is 0.291 e. The van der Waals surface area contributed by atoms with Gasteiger partial charge in [-0.25, -0.2) is 8.42 Å². The van der Waals surface area contributed by atoms with Gasteiger partial charge in [0.15, 0.2) is 15.6 Å². The molecule has 0 heterocycles. The predicted molar refractivity (Wildman–Crippen MR) is 69.5 cm³/mol. The van der Waals surface area contributed by atoms with Crippen LogP contribution in [0.5, 0.6) is 0 Å². The van der Waals surface area contributed by atoms with E-state index in [4.69, 9.17) is 23.2 Å². The number of rotatable bonds is 4. The Kier molecular flexibility index (Phi) is 4.23. The van der Waals surface area contributed by atoms with Crippen LogP contribution in [-0.2, 0) is 9.84 Å². The molecule has 0 radical (unpaired) electrons. The van der Waals surface area contributed by atoms with E-state index >= 15 is 0 Å². The molecule has 6 heteroatoms. The number of sulfone groups is 1. The highest BCUT2D eigenvalue weighted by molar-refractivity contribution is 7.95. The van der Waals surface area contributed by atoms with Crippen LogP contribution in [0.3, 0.4) is 0 Å². The monoisotopic (exact) mass is 294 g/mol. The summed E-state index contributed by atoms with van der Waals surface area (Å²) in [6.07, 6.45) is 0. The first-order valence-electron chi connectivity index (χ1n) is 4.94. The van der Waals surface area contributed by atoms with E-state index in [1.165, 1.54) is 26.0 Å². The average Bonchev–Trinajstić information content (AvgIpc) is 2.27. The van der Waals surface area contributed by atoms with Crippen LogP contribution < -0.4 is 0 Å². The van der Waals surface area contributed by atoms with Crippen molar-refractivity contribution in [2.45, 2.75) is 18.1 Å². The number of ketones is 1. The van der Waals surface area contributed by atoms with Crippen molar-refractivity contribution in [1.82, 2.24) is 0 Å². The maximum Gasteiger partial charge on any atom is 0.205 e. The van der Waals surface area contributed by atoms with Gasteiger partial charge in [-0.15, -0.1) is 0 Å². The summed E-state index contributed by atoms with van der Waals surface area (Å²) in [4.78, 5) is 12.1. The van der Waals surface area contributed by atoms with Crippen LogP contribution in [0.2, 0.25) is 5.02 Å². The van der Waals surface area contributed by atoms with Crippen LogP contribution in [0.4, 0.5) is 0 Å². The Labute approximate surface area is 111 Å². The number of Topliss-reactive ketones (excluding diaryl/α,β-unsaturated/α-hetero) is 1. The van der Waals surface area contributed by atoms with E-state index in [-0.39, 0.29) is 11.3 Å². The highest BCUT2D eigenvalue weighted by atomic mass is 35.5. The molecule has 0 unspecified atom stereocenters. The highest BCUT2D eigenvalue weighted by Gasteiger charge is 2.43. The summed E-state index contributed by atoms with van der Waals surface area (Å²) in [6.45, 7) is 2.64. The molecule has 0 N–H and O–H groups in total. The van der Waals surface area contributed by atoms with Crippen molar-refractivity contribution in [1.29, 1.82) is 0 Å². The minimum absolute atomic E-state index is 0.187. The zero-order chi connectivity index (χ0) is 13.3. The molecule has 0 fully saturated rings. The van der Waals surface area contributed by atoms with Gasteiger partial charge in [0.05, 0.1) is 0 Å². The quantitative estimate of drug-likeness (QED) is 0.634. The first-order valence-corrected chi connectivity index (χ1v) is 7.34. The second-order valence-electron chi connectivity index (χ2n) is 3.66. The second kappa shape index (κ2) is 4.96. The molecule has 94 valence electrons. The van der Waals surface area contributed by atoms with Crippen molar-refractivity contribution in [3.63, 3.8) is 0 Å². The van der Waals surface area contributed by atoms with Crippen molar-refractivity contribution < 1.29 is 13.2 Å². The maximum atomic E-state index is 12.1. The number of benzene rings is 1. The number of carbonyl (C=O) groups excluding carboxylic acids is 1. The average molecular weight is 295 g/mol. The molecule has 0 aliphatic carbocycles.